The van der Waals surface area contributed by atoms with Crippen LogP contribution in [0.2, 0.25) is 0 Å². The molecular formula is C12H15FN2O2. The number of carbonyl (C=O) groups is 1. The summed E-state index contributed by atoms with van der Waals surface area (Å²) in [4.78, 5) is 11.1. The number of benzene rings is 1. The van der Waals surface area contributed by atoms with E-state index in [-0.39, 0.29) is 11.8 Å². The molecule has 0 aliphatic rings. The van der Waals surface area contributed by atoms with E-state index in [0.29, 0.717) is 25.4 Å². The number of ether oxygens (including phenoxy) is 1. The average molecular weight is 238 g/mol. The van der Waals surface area contributed by atoms with Crippen LogP contribution < -0.4 is 15.4 Å². The van der Waals surface area contributed by atoms with Crippen LogP contribution in [0.25, 0.3) is 0 Å². The predicted octanol–water partition coefficient (Wildman–Crippen LogP) is 1.69. The standard InChI is InChI=1S/C12H15FN2O2/c1-2-7-14-12(16)15-8-9-17-11-5-3-10(13)4-6-11/h2-6H,1,7-9H2,(H2,14,15,16). The third-order valence-corrected chi connectivity index (χ3v) is 1.88. The van der Waals surface area contributed by atoms with Crippen LogP contribution in [-0.2, 0) is 0 Å². The number of hydrogen-bond donors (Lipinski definition) is 2. The molecule has 0 saturated carbocycles. The lowest BCUT2D eigenvalue weighted by molar-refractivity contribution is 0.237. The van der Waals surface area contributed by atoms with Gasteiger partial charge < -0.3 is 15.4 Å². The third kappa shape index (κ3) is 5.55. The molecule has 0 heterocycles. The fraction of sp³-hybridized carbons (Fsp3) is 0.250. The molecule has 0 unspecified atom stereocenters. The monoisotopic (exact) mass is 238 g/mol. The first-order chi connectivity index (χ1) is 8.22. The Labute approximate surface area is 99.5 Å². The minimum Gasteiger partial charge on any atom is -0.492 e. The molecule has 0 aliphatic heterocycles. The number of rotatable bonds is 6. The lowest BCUT2D eigenvalue weighted by Crippen LogP contribution is -2.37. The van der Waals surface area contributed by atoms with Crippen LogP contribution in [0.15, 0.2) is 36.9 Å². The van der Waals surface area contributed by atoms with Crippen LogP contribution in [0, 0.1) is 5.82 Å². The van der Waals surface area contributed by atoms with Gasteiger partial charge in [-0.3, -0.25) is 0 Å². The largest absolute Gasteiger partial charge is 0.492 e. The van der Waals surface area contributed by atoms with E-state index in [4.69, 9.17) is 4.74 Å². The van der Waals surface area contributed by atoms with Crippen LogP contribution in [0.5, 0.6) is 5.75 Å². The Morgan fingerprint density at radius 3 is 2.71 bits per heavy atom. The van der Waals surface area contributed by atoms with Crippen LogP contribution in [0.4, 0.5) is 9.18 Å². The van der Waals surface area contributed by atoms with Crippen LogP contribution in [-0.4, -0.2) is 25.7 Å². The average Bonchev–Trinajstić information content (AvgIpc) is 2.34. The quantitative estimate of drug-likeness (QED) is 0.585. The topological polar surface area (TPSA) is 50.4 Å². The van der Waals surface area contributed by atoms with Crippen molar-refractivity contribution >= 4 is 6.03 Å². The van der Waals surface area contributed by atoms with Gasteiger partial charge >= 0.3 is 6.03 Å². The van der Waals surface area contributed by atoms with Gasteiger partial charge in [0, 0.05) is 6.54 Å². The van der Waals surface area contributed by atoms with Crippen molar-refractivity contribution in [2.45, 2.75) is 0 Å². The number of nitrogens with one attached hydrogen (secondary N) is 2. The Hall–Kier alpha value is -2.04. The molecule has 1 aromatic rings. The van der Waals surface area contributed by atoms with Crippen molar-refractivity contribution in [3.8, 4) is 5.75 Å². The molecule has 92 valence electrons. The van der Waals surface area contributed by atoms with E-state index >= 15 is 0 Å². The van der Waals surface area contributed by atoms with Gasteiger partial charge in [0.05, 0.1) is 6.54 Å². The molecule has 2 N–H and O–H groups in total. The van der Waals surface area contributed by atoms with Gasteiger partial charge in [-0.25, -0.2) is 9.18 Å². The van der Waals surface area contributed by atoms with Crippen molar-refractivity contribution < 1.29 is 13.9 Å². The lowest BCUT2D eigenvalue weighted by Gasteiger charge is -2.07. The normalized spacial score (nSPS) is 9.47. The Morgan fingerprint density at radius 1 is 1.35 bits per heavy atom. The van der Waals surface area contributed by atoms with E-state index in [1.807, 2.05) is 0 Å². The van der Waals surface area contributed by atoms with Gasteiger partial charge in [-0.05, 0) is 24.3 Å². The van der Waals surface area contributed by atoms with Gasteiger partial charge in [-0.1, -0.05) is 6.08 Å². The van der Waals surface area contributed by atoms with Gasteiger partial charge in [0.15, 0.2) is 0 Å². The van der Waals surface area contributed by atoms with Gasteiger partial charge in [-0.15, -0.1) is 6.58 Å². The Bertz CT molecular complexity index is 365. The molecule has 0 bridgehead atoms. The zero-order chi connectivity index (χ0) is 12.5. The summed E-state index contributed by atoms with van der Waals surface area (Å²) in [6.07, 6.45) is 1.59. The summed E-state index contributed by atoms with van der Waals surface area (Å²) in [5, 5.41) is 5.17. The number of carbonyl (C=O) groups excluding carboxylic acids is 1. The highest BCUT2D eigenvalue weighted by Crippen LogP contribution is 2.10. The zero-order valence-corrected chi connectivity index (χ0v) is 9.41. The molecule has 0 saturated heterocycles. The second-order valence-corrected chi connectivity index (χ2v) is 3.23. The Morgan fingerprint density at radius 2 is 2.06 bits per heavy atom. The lowest BCUT2D eigenvalue weighted by atomic mass is 10.3. The molecule has 1 rings (SSSR count). The molecule has 0 fully saturated rings. The summed E-state index contributed by atoms with van der Waals surface area (Å²) in [6, 6.07) is 5.44. The SMILES string of the molecule is C=CCNC(=O)NCCOc1ccc(F)cc1. The summed E-state index contributed by atoms with van der Waals surface area (Å²) in [5.74, 6) is 0.263. The first-order valence-electron chi connectivity index (χ1n) is 5.23. The minimum atomic E-state index is -0.306. The molecule has 0 spiro atoms. The smallest absolute Gasteiger partial charge is 0.315 e. The number of halogens is 1. The van der Waals surface area contributed by atoms with Gasteiger partial charge in [-0.2, -0.15) is 0 Å². The highest BCUT2D eigenvalue weighted by atomic mass is 19.1. The predicted molar refractivity (Wildman–Crippen MR) is 63.5 cm³/mol. The molecule has 0 aromatic heterocycles. The fourth-order valence-corrected chi connectivity index (χ4v) is 1.09. The van der Waals surface area contributed by atoms with E-state index in [1.54, 1.807) is 6.08 Å². The molecule has 5 heteroatoms. The van der Waals surface area contributed by atoms with Crippen LogP contribution >= 0.6 is 0 Å². The van der Waals surface area contributed by atoms with Crippen LogP contribution in [0.3, 0.4) is 0 Å². The molecule has 2 amide bonds. The van der Waals surface area contributed by atoms with E-state index in [1.165, 1.54) is 24.3 Å². The van der Waals surface area contributed by atoms with Crippen molar-refractivity contribution in [3.05, 3.63) is 42.7 Å². The molecule has 0 aliphatic carbocycles. The zero-order valence-electron chi connectivity index (χ0n) is 9.41. The van der Waals surface area contributed by atoms with Crippen molar-refractivity contribution in [3.63, 3.8) is 0 Å². The Kier molecular flexibility index (Phi) is 5.57. The van der Waals surface area contributed by atoms with Gasteiger partial charge in [0.25, 0.3) is 0 Å². The molecule has 4 nitrogen and oxygen atoms in total. The molecule has 1 aromatic carbocycles. The first kappa shape index (κ1) is 13.0. The molecular weight excluding hydrogens is 223 g/mol. The van der Waals surface area contributed by atoms with Gasteiger partial charge in [0.2, 0.25) is 0 Å². The maximum atomic E-state index is 12.6. The summed E-state index contributed by atoms with van der Waals surface area (Å²) in [5.41, 5.74) is 0. The Balaban J connectivity index is 2.13. The summed E-state index contributed by atoms with van der Waals surface area (Å²) >= 11 is 0. The minimum absolute atomic E-state index is 0.271. The highest BCUT2D eigenvalue weighted by Gasteiger charge is 1.97. The summed E-state index contributed by atoms with van der Waals surface area (Å²) in [6.45, 7) is 4.60. The number of urea groups is 1. The maximum absolute atomic E-state index is 12.6. The third-order valence-electron chi connectivity index (χ3n) is 1.88. The summed E-state index contributed by atoms with van der Waals surface area (Å²) < 4.78 is 17.9. The van der Waals surface area contributed by atoms with E-state index in [9.17, 15) is 9.18 Å². The van der Waals surface area contributed by atoms with Crippen molar-refractivity contribution in [1.29, 1.82) is 0 Å². The first-order valence-corrected chi connectivity index (χ1v) is 5.23. The second kappa shape index (κ2) is 7.27. The maximum Gasteiger partial charge on any atom is 0.315 e. The fourth-order valence-electron chi connectivity index (χ4n) is 1.09. The number of hydrogen-bond acceptors (Lipinski definition) is 2. The van der Waals surface area contributed by atoms with E-state index < -0.39 is 0 Å². The summed E-state index contributed by atoms with van der Waals surface area (Å²) in [7, 11) is 0. The van der Waals surface area contributed by atoms with Crippen molar-refractivity contribution in [2.24, 2.45) is 0 Å². The molecule has 17 heavy (non-hydrogen) atoms. The number of amides is 2. The highest BCUT2D eigenvalue weighted by molar-refractivity contribution is 5.73. The molecule has 0 radical (unpaired) electrons. The van der Waals surface area contributed by atoms with E-state index in [2.05, 4.69) is 17.2 Å². The van der Waals surface area contributed by atoms with Crippen molar-refractivity contribution in [2.75, 3.05) is 19.7 Å². The molecule has 0 atom stereocenters. The van der Waals surface area contributed by atoms with Crippen molar-refractivity contribution in [1.82, 2.24) is 10.6 Å². The second-order valence-electron chi connectivity index (χ2n) is 3.23. The van der Waals surface area contributed by atoms with Crippen LogP contribution in [0.1, 0.15) is 0 Å². The van der Waals surface area contributed by atoms with Gasteiger partial charge in [0.1, 0.15) is 18.2 Å². The van der Waals surface area contributed by atoms with E-state index in [0.717, 1.165) is 0 Å².